The fourth-order valence-electron chi connectivity index (χ4n) is 2.06. The van der Waals surface area contributed by atoms with Crippen molar-refractivity contribution in [1.82, 2.24) is 15.3 Å². The lowest BCUT2D eigenvalue weighted by Gasteiger charge is -1.98. The van der Waals surface area contributed by atoms with Crippen LogP contribution in [-0.2, 0) is 0 Å². The van der Waals surface area contributed by atoms with Crippen LogP contribution in [0.2, 0.25) is 0 Å². The van der Waals surface area contributed by atoms with Crippen molar-refractivity contribution in [3.8, 4) is 17.5 Å². The summed E-state index contributed by atoms with van der Waals surface area (Å²) >= 11 is 0. The molecule has 0 saturated heterocycles. The van der Waals surface area contributed by atoms with Crippen LogP contribution >= 0.6 is 0 Å². The molecule has 0 atom stereocenters. The van der Waals surface area contributed by atoms with Gasteiger partial charge in [-0.3, -0.25) is 10.0 Å². The minimum Gasteiger partial charge on any atom is -0.288 e. The first kappa shape index (κ1) is 14.6. The summed E-state index contributed by atoms with van der Waals surface area (Å²) in [6.45, 7) is 0. The molecule has 0 aliphatic heterocycles. The van der Waals surface area contributed by atoms with Gasteiger partial charge in [-0.2, -0.15) is 5.10 Å². The third-order valence-electron chi connectivity index (χ3n) is 3.18. The summed E-state index contributed by atoms with van der Waals surface area (Å²) in [5, 5.41) is 13.2. The molecule has 1 amide bonds. The van der Waals surface area contributed by atoms with Crippen LogP contribution in [0.25, 0.3) is 5.69 Å². The van der Waals surface area contributed by atoms with Crippen molar-refractivity contribution in [2.24, 2.45) is 0 Å². The van der Waals surface area contributed by atoms with Crippen LogP contribution in [0.1, 0.15) is 21.6 Å². The third-order valence-corrected chi connectivity index (χ3v) is 3.18. The Hall–Kier alpha value is -3.36. The lowest BCUT2D eigenvalue weighted by Crippen LogP contribution is -2.19. The number of carbonyl (C=O) groups is 1. The third kappa shape index (κ3) is 3.28. The molecule has 3 rings (SSSR count). The van der Waals surface area contributed by atoms with Crippen molar-refractivity contribution >= 4 is 5.91 Å². The highest BCUT2D eigenvalue weighted by Crippen LogP contribution is 2.12. The molecule has 2 N–H and O–H groups in total. The van der Waals surface area contributed by atoms with Crippen LogP contribution in [0, 0.1) is 11.8 Å². The predicted octanol–water partition coefficient (Wildman–Crippen LogP) is 2.39. The SMILES string of the molecule is O=C(NO)c1cn(-c2ccccc2)nc1C#Cc1ccccc1. The topological polar surface area (TPSA) is 67.2 Å². The molecule has 5 heteroatoms. The first-order chi connectivity index (χ1) is 11.3. The lowest BCUT2D eigenvalue weighted by molar-refractivity contribution is 0.0706. The number of rotatable bonds is 2. The van der Waals surface area contributed by atoms with Gasteiger partial charge in [0.15, 0.2) is 0 Å². The van der Waals surface area contributed by atoms with Gasteiger partial charge in [0.25, 0.3) is 5.91 Å². The van der Waals surface area contributed by atoms with Crippen LogP contribution in [0.5, 0.6) is 0 Å². The van der Waals surface area contributed by atoms with Crippen LogP contribution in [0.3, 0.4) is 0 Å². The van der Waals surface area contributed by atoms with Gasteiger partial charge in [-0.25, -0.2) is 10.2 Å². The van der Waals surface area contributed by atoms with Crippen molar-refractivity contribution in [3.63, 3.8) is 0 Å². The van der Waals surface area contributed by atoms with E-state index in [9.17, 15) is 4.79 Å². The fraction of sp³-hybridized carbons (Fsp3) is 0. The Morgan fingerprint density at radius 1 is 1.00 bits per heavy atom. The molecule has 5 nitrogen and oxygen atoms in total. The van der Waals surface area contributed by atoms with Gasteiger partial charge in [-0.1, -0.05) is 42.3 Å². The van der Waals surface area contributed by atoms with Crippen molar-refractivity contribution in [2.45, 2.75) is 0 Å². The largest absolute Gasteiger partial charge is 0.288 e. The van der Waals surface area contributed by atoms with Gasteiger partial charge in [0.05, 0.1) is 11.3 Å². The van der Waals surface area contributed by atoms with Crippen molar-refractivity contribution in [2.75, 3.05) is 0 Å². The monoisotopic (exact) mass is 303 g/mol. The zero-order chi connectivity index (χ0) is 16.1. The van der Waals surface area contributed by atoms with Gasteiger partial charge in [0.2, 0.25) is 0 Å². The van der Waals surface area contributed by atoms with Crippen LogP contribution in [0.4, 0.5) is 0 Å². The normalized spacial score (nSPS) is 9.78. The number of nitrogens with one attached hydrogen (secondary N) is 1. The maximum atomic E-state index is 11.8. The van der Waals surface area contributed by atoms with Gasteiger partial charge in [0, 0.05) is 11.8 Å². The van der Waals surface area contributed by atoms with Gasteiger partial charge in [0.1, 0.15) is 5.69 Å². The Kier molecular flexibility index (Phi) is 4.18. The Morgan fingerprint density at radius 3 is 2.30 bits per heavy atom. The minimum atomic E-state index is -0.649. The second-order valence-corrected chi connectivity index (χ2v) is 4.73. The summed E-state index contributed by atoms with van der Waals surface area (Å²) in [7, 11) is 0. The Labute approximate surface area is 133 Å². The molecule has 3 aromatic rings. The van der Waals surface area contributed by atoms with E-state index < -0.39 is 5.91 Å². The van der Waals surface area contributed by atoms with E-state index in [0.717, 1.165) is 11.3 Å². The first-order valence-electron chi connectivity index (χ1n) is 6.94. The summed E-state index contributed by atoms with van der Waals surface area (Å²) < 4.78 is 1.56. The number of benzene rings is 2. The Bertz CT molecular complexity index is 875. The highest BCUT2D eigenvalue weighted by Gasteiger charge is 2.15. The second kappa shape index (κ2) is 6.60. The van der Waals surface area contributed by atoms with E-state index >= 15 is 0 Å². The molecule has 0 spiro atoms. The number of para-hydroxylation sites is 1. The van der Waals surface area contributed by atoms with Gasteiger partial charge < -0.3 is 0 Å². The zero-order valence-corrected chi connectivity index (χ0v) is 12.1. The molecule has 0 bridgehead atoms. The molecular formula is C18H13N3O2. The van der Waals surface area contributed by atoms with Crippen LogP contribution in [0.15, 0.2) is 66.9 Å². The zero-order valence-electron chi connectivity index (χ0n) is 12.1. The molecule has 0 saturated carbocycles. The quantitative estimate of drug-likeness (QED) is 0.434. The summed E-state index contributed by atoms with van der Waals surface area (Å²) in [4.78, 5) is 11.8. The molecule has 1 aromatic heterocycles. The summed E-state index contributed by atoms with van der Waals surface area (Å²) in [5.74, 6) is 5.19. The van der Waals surface area contributed by atoms with E-state index in [-0.39, 0.29) is 5.56 Å². The molecule has 0 radical (unpaired) electrons. The fourth-order valence-corrected chi connectivity index (χ4v) is 2.06. The molecule has 0 aliphatic rings. The molecule has 0 fully saturated rings. The summed E-state index contributed by atoms with van der Waals surface area (Å²) in [6.07, 6.45) is 1.54. The smallest absolute Gasteiger partial charge is 0.279 e. The molecular weight excluding hydrogens is 290 g/mol. The maximum Gasteiger partial charge on any atom is 0.279 e. The molecule has 23 heavy (non-hydrogen) atoms. The summed E-state index contributed by atoms with van der Waals surface area (Å²) in [6, 6.07) is 18.8. The number of hydrogen-bond donors (Lipinski definition) is 2. The average Bonchev–Trinajstić information content (AvgIpc) is 3.05. The van der Waals surface area contributed by atoms with E-state index in [1.54, 1.807) is 10.2 Å². The number of carbonyl (C=O) groups excluding carboxylic acids is 1. The van der Waals surface area contributed by atoms with E-state index in [0.29, 0.717) is 5.69 Å². The van der Waals surface area contributed by atoms with E-state index in [1.807, 2.05) is 60.7 Å². The van der Waals surface area contributed by atoms with Gasteiger partial charge in [-0.15, -0.1) is 0 Å². The van der Waals surface area contributed by atoms with E-state index in [2.05, 4.69) is 16.9 Å². The minimum absolute atomic E-state index is 0.208. The summed E-state index contributed by atoms with van der Waals surface area (Å²) in [5.41, 5.74) is 3.74. The number of hydrogen-bond acceptors (Lipinski definition) is 3. The first-order valence-corrected chi connectivity index (χ1v) is 6.94. The van der Waals surface area contributed by atoms with Crippen LogP contribution in [-0.4, -0.2) is 20.9 Å². The van der Waals surface area contributed by atoms with Crippen molar-refractivity contribution < 1.29 is 10.0 Å². The van der Waals surface area contributed by atoms with Crippen molar-refractivity contribution in [3.05, 3.63) is 83.7 Å². The molecule has 2 aromatic carbocycles. The molecule has 112 valence electrons. The predicted molar refractivity (Wildman–Crippen MR) is 85.2 cm³/mol. The van der Waals surface area contributed by atoms with Crippen molar-refractivity contribution in [1.29, 1.82) is 0 Å². The molecule has 0 aliphatic carbocycles. The van der Waals surface area contributed by atoms with E-state index in [1.165, 1.54) is 6.20 Å². The average molecular weight is 303 g/mol. The molecule has 1 heterocycles. The Balaban J connectivity index is 2.03. The second-order valence-electron chi connectivity index (χ2n) is 4.73. The number of aromatic nitrogens is 2. The van der Waals surface area contributed by atoms with Crippen LogP contribution < -0.4 is 5.48 Å². The van der Waals surface area contributed by atoms with Gasteiger partial charge in [-0.05, 0) is 30.2 Å². The highest BCUT2D eigenvalue weighted by atomic mass is 16.5. The number of amides is 1. The lowest BCUT2D eigenvalue weighted by atomic mass is 10.2. The maximum absolute atomic E-state index is 11.8. The number of nitrogens with zero attached hydrogens (tertiary/aromatic N) is 2. The number of hydroxylamine groups is 1. The molecule has 0 unspecified atom stereocenters. The Morgan fingerprint density at radius 2 is 1.65 bits per heavy atom. The highest BCUT2D eigenvalue weighted by molar-refractivity contribution is 5.95. The standard InChI is InChI=1S/C18H13N3O2/c22-18(20-23)16-13-21(15-9-5-2-6-10-15)19-17(16)12-11-14-7-3-1-4-8-14/h1-10,13,23H,(H,20,22). The van der Waals surface area contributed by atoms with E-state index in [4.69, 9.17) is 5.21 Å². The van der Waals surface area contributed by atoms with Gasteiger partial charge >= 0.3 is 0 Å².